The zero-order chi connectivity index (χ0) is 7.23. The lowest BCUT2D eigenvalue weighted by Gasteiger charge is -1.98. The second-order valence-electron chi connectivity index (χ2n) is 2.72. The third-order valence-corrected chi connectivity index (χ3v) is 1.76. The summed E-state index contributed by atoms with van der Waals surface area (Å²) in [6, 6.07) is 0. The first kappa shape index (κ1) is 7.59. The van der Waals surface area contributed by atoms with Crippen molar-refractivity contribution < 1.29 is 0 Å². The van der Waals surface area contributed by atoms with Gasteiger partial charge in [-0.05, 0) is 19.3 Å². The third kappa shape index (κ3) is 2.38. The van der Waals surface area contributed by atoms with Crippen molar-refractivity contribution in [2.75, 3.05) is 0 Å². The lowest BCUT2D eigenvalue weighted by molar-refractivity contribution is 0.786. The Balaban J connectivity index is 2.04. The van der Waals surface area contributed by atoms with Gasteiger partial charge in [0, 0.05) is 0 Å². The van der Waals surface area contributed by atoms with Gasteiger partial charge in [0.15, 0.2) is 0 Å². The van der Waals surface area contributed by atoms with Gasteiger partial charge in [0.05, 0.1) is 0 Å². The molecule has 1 aliphatic carbocycles. The standard InChI is InChI=1S/C10H15/c1-2-3-4-7-10-8-5-6-9-10/h5-8H,2-4,9H2,1H3. The van der Waals surface area contributed by atoms with E-state index in [0.717, 1.165) is 6.42 Å². The van der Waals surface area contributed by atoms with Crippen LogP contribution in [-0.2, 0) is 0 Å². The van der Waals surface area contributed by atoms with Gasteiger partial charge in [-0.3, -0.25) is 0 Å². The smallest absolute Gasteiger partial charge is 0.0130 e. The predicted octanol–water partition coefficient (Wildman–Crippen LogP) is 3.27. The number of hydrogen-bond acceptors (Lipinski definition) is 0. The van der Waals surface area contributed by atoms with E-state index < -0.39 is 0 Å². The van der Waals surface area contributed by atoms with Crippen LogP contribution in [0.3, 0.4) is 0 Å². The van der Waals surface area contributed by atoms with Crippen LogP contribution in [0.25, 0.3) is 0 Å². The van der Waals surface area contributed by atoms with E-state index in [1.54, 1.807) is 0 Å². The SMILES string of the molecule is CCCC[CH]C1=CC=CC1. The molecule has 0 heteroatoms. The fourth-order valence-corrected chi connectivity index (χ4v) is 1.11. The highest BCUT2D eigenvalue weighted by atomic mass is 14.0. The van der Waals surface area contributed by atoms with Crippen LogP contribution < -0.4 is 0 Å². The van der Waals surface area contributed by atoms with Gasteiger partial charge in [0.2, 0.25) is 0 Å². The van der Waals surface area contributed by atoms with E-state index in [1.165, 1.54) is 24.8 Å². The Hall–Kier alpha value is -0.520. The summed E-state index contributed by atoms with van der Waals surface area (Å²) in [6.45, 7) is 2.23. The van der Waals surface area contributed by atoms with Crippen molar-refractivity contribution in [2.24, 2.45) is 0 Å². The molecule has 0 unspecified atom stereocenters. The monoisotopic (exact) mass is 135 g/mol. The molecule has 0 N–H and O–H groups in total. The van der Waals surface area contributed by atoms with Gasteiger partial charge in [-0.1, -0.05) is 43.6 Å². The summed E-state index contributed by atoms with van der Waals surface area (Å²) in [5.41, 5.74) is 1.49. The lowest BCUT2D eigenvalue weighted by Crippen LogP contribution is -1.80. The van der Waals surface area contributed by atoms with E-state index in [0.29, 0.717) is 0 Å². The predicted molar refractivity (Wildman–Crippen MR) is 45.7 cm³/mol. The Morgan fingerprint density at radius 3 is 3.10 bits per heavy atom. The van der Waals surface area contributed by atoms with Crippen molar-refractivity contribution in [1.82, 2.24) is 0 Å². The molecule has 0 aromatic carbocycles. The molecular weight excluding hydrogens is 120 g/mol. The number of unbranched alkanes of at least 4 members (excludes halogenated alkanes) is 2. The minimum absolute atomic E-state index is 1.16. The molecule has 10 heavy (non-hydrogen) atoms. The van der Waals surface area contributed by atoms with E-state index in [2.05, 4.69) is 31.6 Å². The highest BCUT2D eigenvalue weighted by Crippen LogP contribution is 2.16. The molecule has 0 aliphatic heterocycles. The molecule has 0 amide bonds. The molecule has 0 fully saturated rings. The zero-order valence-corrected chi connectivity index (χ0v) is 6.64. The Morgan fingerprint density at radius 1 is 1.60 bits per heavy atom. The quantitative estimate of drug-likeness (QED) is 0.519. The summed E-state index contributed by atoms with van der Waals surface area (Å²) in [7, 11) is 0. The highest BCUT2D eigenvalue weighted by Gasteiger charge is 1.97. The maximum atomic E-state index is 2.35. The van der Waals surface area contributed by atoms with Gasteiger partial charge in [0.25, 0.3) is 0 Å². The second-order valence-corrected chi connectivity index (χ2v) is 2.72. The van der Waals surface area contributed by atoms with Crippen molar-refractivity contribution in [2.45, 2.75) is 32.6 Å². The summed E-state index contributed by atoms with van der Waals surface area (Å²) in [4.78, 5) is 0. The van der Waals surface area contributed by atoms with Crippen molar-refractivity contribution >= 4 is 0 Å². The molecule has 0 bridgehead atoms. The normalized spacial score (nSPS) is 15.9. The summed E-state index contributed by atoms with van der Waals surface area (Å²) in [6.07, 6.45) is 13.9. The Kier molecular flexibility index (Phi) is 3.28. The zero-order valence-electron chi connectivity index (χ0n) is 6.64. The summed E-state index contributed by atoms with van der Waals surface area (Å²) in [5.74, 6) is 0. The fourth-order valence-electron chi connectivity index (χ4n) is 1.11. The Labute approximate surface area is 63.6 Å². The molecule has 0 aromatic rings. The molecule has 1 radical (unpaired) electrons. The minimum atomic E-state index is 1.16. The largest absolute Gasteiger partial charge is 0.0805 e. The van der Waals surface area contributed by atoms with Crippen LogP contribution in [0, 0.1) is 6.42 Å². The average molecular weight is 135 g/mol. The minimum Gasteiger partial charge on any atom is -0.0805 e. The molecule has 0 saturated heterocycles. The molecule has 0 atom stereocenters. The summed E-state index contributed by atoms with van der Waals surface area (Å²) >= 11 is 0. The average Bonchev–Trinajstić information content (AvgIpc) is 2.41. The van der Waals surface area contributed by atoms with Crippen molar-refractivity contribution in [3.8, 4) is 0 Å². The molecule has 0 aromatic heterocycles. The van der Waals surface area contributed by atoms with Crippen LogP contribution in [0.1, 0.15) is 32.6 Å². The van der Waals surface area contributed by atoms with Crippen molar-refractivity contribution in [1.29, 1.82) is 0 Å². The van der Waals surface area contributed by atoms with E-state index in [1.807, 2.05) is 0 Å². The van der Waals surface area contributed by atoms with Crippen LogP contribution in [-0.4, -0.2) is 0 Å². The molecule has 0 spiro atoms. The van der Waals surface area contributed by atoms with E-state index in [-0.39, 0.29) is 0 Å². The van der Waals surface area contributed by atoms with Crippen LogP contribution in [0.5, 0.6) is 0 Å². The van der Waals surface area contributed by atoms with Crippen LogP contribution in [0.2, 0.25) is 0 Å². The van der Waals surface area contributed by atoms with Crippen LogP contribution in [0.4, 0.5) is 0 Å². The number of rotatable bonds is 4. The highest BCUT2D eigenvalue weighted by molar-refractivity contribution is 5.28. The first-order valence-corrected chi connectivity index (χ1v) is 4.12. The summed E-state index contributed by atoms with van der Waals surface area (Å²) < 4.78 is 0. The van der Waals surface area contributed by atoms with Crippen LogP contribution in [0.15, 0.2) is 23.8 Å². The van der Waals surface area contributed by atoms with E-state index >= 15 is 0 Å². The Morgan fingerprint density at radius 2 is 2.50 bits per heavy atom. The first-order chi connectivity index (χ1) is 4.93. The Bertz CT molecular complexity index is 140. The van der Waals surface area contributed by atoms with Gasteiger partial charge in [0.1, 0.15) is 0 Å². The van der Waals surface area contributed by atoms with Gasteiger partial charge in [-0.15, -0.1) is 0 Å². The van der Waals surface area contributed by atoms with E-state index in [9.17, 15) is 0 Å². The van der Waals surface area contributed by atoms with Gasteiger partial charge >= 0.3 is 0 Å². The maximum absolute atomic E-state index is 2.35. The molecular formula is C10H15. The number of allylic oxidation sites excluding steroid dienone is 4. The van der Waals surface area contributed by atoms with Gasteiger partial charge < -0.3 is 0 Å². The first-order valence-electron chi connectivity index (χ1n) is 4.12. The van der Waals surface area contributed by atoms with Gasteiger partial charge in [-0.2, -0.15) is 0 Å². The molecule has 1 aliphatic rings. The molecule has 0 nitrogen and oxygen atoms in total. The lowest BCUT2D eigenvalue weighted by atomic mass is 10.1. The summed E-state index contributed by atoms with van der Waals surface area (Å²) in [5, 5.41) is 0. The molecule has 55 valence electrons. The van der Waals surface area contributed by atoms with Crippen molar-refractivity contribution in [3.05, 3.63) is 30.2 Å². The maximum Gasteiger partial charge on any atom is -0.0130 e. The van der Waals surface area contributed by atoms with Gasteiger partial charge in [-0.25, -0.2) is 0 Å². The molecule has 0 saturated carbocycles. The topological polar surface area (TPSA) is 0 Å². The molecule has 0 heterocycles. The third-order valence-electron chi connectivity index (χ3n) is 1.76. The molecule has 1 rings (SSSR count). The number of hydrogen-bond donors (Lipinski definition) is 0. The van der Waals surface area contributed by atoms with Crippen LogP contribution >= 0.6 is 0 Å². The fraction of sp³-hybridized carbons (Fsp3) is 0.500. The van der Waals surface area contributed by atoms with E-state index in [4.69, 9.17) is 0 Å². The van der Waals surface area contributed by atoms with Crippen molar-refractivity contribution in [3.63, 3.8) is 0 Å². The second kappa shape index (κ2) is 4.32.